The summed E-state index contributed by atoms with van der Waals surface area (Å²) in [7, 11) is 0. The van der Waals surface area contributed by atoms with Gasteiger partial charge in [-0.25, -0.2) is 0 Å². The Bertz CT molecular complexity index is 470. The van der Waals surface area contributed by atoms with Gasteiger partial charge in [0.25, 0.3) is 5.91 Å². The Kier molecular flexibility index (Phi) is 3.86. The summed E-state index contributed by atoms with van der Waals surface area (Å²) in [6.45, 7) is 1.29. The van der Waals surface area contributed by atoms with E-state index in [9.17, 15) is 9.59 Å². The van der Waals surface area contributed by atoms with Crippen LogP contribution in [0, 0.1) is 0 Å². The first-order valence-electron chi connectivity index (χ1n) is 5.68. The zero-order valence-corrected chi connectivity index (χ0v) is 11.4. The van der Waals surface area contributed by atoms with Gasteiger partial charge in [-0.15, -0.1) is 0 Å². The monoisotopic (exact) mass is 311 g/mol. The Morgan fingerprint density at radius 2 is 2.17 bits per heavy atom. The number of nitrogens with two attached hydrogens (primary N) is 1. The molecule has 0 aromatic heterocycles. The van der Waals surface area contributed by atoms with E-state index in [4.69, 9.17) is 5.73 Å². The van der Waals surface area contributed by atoms with Gasteiger partial charge in [0.15, 0.2) is 0 Å². The van der Waals surface area contributed by atoms with Crippen LogP contribution in [0.3, 0.4) is 0 Å². The van der Waals surface area contributed by atoms with Crippen LogP contribution in [0.1, 0.15) is 16.8 Å². The second kappa shape index (κ2) is 5.39. The summed E-state index contributed by atoms with van der Waals surface area (Å²) in [5.41, 5.74) is 6.72. The summed E-state index contributed by atoms with van der Waals surface area (Å²) in [5, 5.41) is 2.74. The Morgan fingerprint density at radius 1 is 1.39 bits per heavy atom. The lowest BCUT2D eigenvalue weighted by Gasteiger charge is -2.19. The maximum absolute atomic E-state index is 12.3. The van der Waals surface area contributed by atoms with E-state index in [1.54, 1.807) is 23.1 Å². The van der Waals surface area contributed by atoms with Gasteiger partial charge in [-0.1, -0.05) is 15.9 Å². The zero-order valence-electron chi connectivity index (χ0n) is 9.78. The number of hydrogen-bond donors (Lipinski definition) is 2. The summed E-state index contributed by atoms with van der Waals surface area (Å²) in [6, 6.07) is 5.06. The van der Waals surface area contributed by atoms with E-state index in [-0.39, 0.29) is 18.4 Å². The van der Waals surface area contributed by atoms with Crippen molar-refractivity contribution in [2.24, 2.45) is 0 Å². The first-order valence-corrected chi connectivity index (χ1v) is 6.47. The number of amides is 2. The standard InChI is InChI=1S/C12H14BrN3O2/c13-9-4-8(5-10(14)6-9)12(18)16-3-1-2-15-11(17)7-16/h4-6H,1-3,7,14H2,(H,15,17). The molecule has 1 aliphatic rings. The van der Waals surface area contributed by atoms with E-state index in [2.05, 4.69) is 21.2 Å². The first-order chi connectivity index (χ1) is 8.56. The topological polar surface area (TPSA) is 75.4 Å². The minimum Gasteiger partial charge on any atom is -0.399 e. The fraction of sp³-hybridized carbons (Fsp3) is 0.333. The molecule has 0 unspecified atom stereocenters. The van der Waals surface area contributed by atoms with Gasteiger partial charge in [0.05, 0.1) is 6.54 Å². The van der Waals surface area contributed by atoms with Crippen LogP contribution >= 0.6 is 15.9 Å². The van der Waals surface area contributed by atoms with Crippen molar-refractivity contribution in [3.63, 3.8) is 0 Å². The van der Waals surface area contributed by atoms with Crippen molar-refractivity contribution in [2.75, 3.05) is 25.4 Å². The van der Waals surface area contributed by atoms with Gasteiger partial charge in [0.1, 0.15) is 0 Å². The summed E-state index contributed by atoms with van der Waals surface area (Å²) in [5.74, 6) is -0.288. The molecule has 2 rings (SSSR count). The predicted octanol–water partition coefficient (Wildman–Crippen LogP) is 0.993. The van der Waals surface area contributed by atoms with Crippen molar-refractivity contribution in [3.8, 4) is 0 Å². The second-order valence-electron chi connectivity index (χ2n) is 4.20. The molecule has 3 N–H and O–H groups in total. The summed E-state index contributed by atoms with van der Waals surface area (Å²) >= 11 is 3.30. The fourth-order valence-corrected chi connectivity index (χ4v) is 2.41. The minimum atomic E-state index is -0.167. The molecule has 0 bridgehead atoms. The average molecular weight is 312 g/mol. The molecular formula is C12H14BrN3O2. The highest BCUT2D eigenvalue weighted by Gasteiger charge is 2.21. The van der Waals surface area contributed by atoms with Crippen molar-refractivity contribution in [1.82, 2.24) is 10.2 Å². The number of anilines is 1. The van der Waals surface area contributed by atoms with E-state index in [1.165, 1.54) is 0 Å². The van der Waals surface area contributed by atoms with Gasteiger partial charge in [-0.05, 0) is 24.6 Å². The fourth-order valence-electron chi connectivity index (χ4n) is 1.90. The molecule has 1 aromatic rings. The van der Waals surface area contributed by atoms with Crippen molar-refractivity contribution < 1.29 is 9.59 Å². The number of carbonyl (C=O) groups excluding carboxylic acids is 2. The molecule has 1 aliphatic heterocycles. The van der Waals surface area contributed by atoms with Crippen LogP contribution in [0.4, 0.5) is 5.69 Å². The SMILES string of the molecule is Nc1cc(Br)cc(C(=O)N2CCCNC(=O)C2)c1. The molecule has 0 saturated carbocycles. The molecule has 1 fully saturated rings. The number of carbonyl (C=O) groups is 2. The van der Waals surface area contributed by atoms with Crippen molar-refractivity contribution >= 4 is 33.4 Å². The number of benzene rings is 1. The van der Waals surface area contributed by atoms with Crippen LogP contribution in [0.25, 0.3) is 0 Å². The zero-order chi connectivity index (χ0) is 13.1. The maximum Gasteiger partial charge on any atom is 0.254 e. The molecule has 1 saturated heterocycles. The number of halogens is 1. The summed E-state index contributed by atoms with van der Waals surface area (Å²) in [4.78, 5) is 25.2. The summed E-state index contributed by atoms with van der Waals surface area (Å²) in [6.07, 6.45) is 0.765. The second-order valence-corrected chi connectivity index (χ2v) is 5.12. The lowest BCUT2D eigenvalue weighted by atomic mass is 10.1. The smallest absolute Gasteiger partial charge is 0.254 e. The van der Waals surface area contributed by atoms with Gasteiger partial charge >= 0.3 is 0 Å². The molecule has 5 nitrogen and oxygen atoms in total. The Balaban J connectivity index is 2.21. The normalized spacial score (nSPS) is 16.1. The number of nitrogens with zero attached hydrogens (tertiary/aromatic N) is 1. The molecular weight excluding hydrogens is 298 g/mol. The Hall–Kier alpha value is -1.56. The van der Waals surface area contributed by atoms with Crippen LogP contribution in [0.5, 0.6) is 0 Å². The van der Waals surface area contributed by atoms with Gasteiger partial charge in [0.2, 0.25) is 5.91 Å². The molecule has 0 radical (unpaired) electrons. The van der Waals surface area contributed by atoms with Crippen LogP contribution < -0.4 is 11.1 Å². The molecule has 18 heavy (non-hydrogen) atoms. The minimum absolute atomic E-state index is 0.102. The number of nitrogens with one attached hydrogen (secondary N) is 1. The summed E-state index contributed by atoms with van der Waals surface area (Å²) < 4.78 is 0.755. The van der Waals surface area contributed by atoms with Crippen molar-refractivity contribution in [1.29, 1.82) is 0 Å². The molecule has 0 atom stereocenters. The third-order valence-electron chi connectivity index (χ3n) is 2.72. The van der Waals surface area contributed by atoms with E-state index in [0.717, 1.165) is 10.9 Å². The highest BCUT2D eigenvalue weighted by Crippen LogP contribution is 2.19. The third-order valence-corrected chi connectivity index (χ3v) is 3.17. The molecule has 1 heterocycles. The Labute approximate surface area is 113 Å². The molecule has 1 aromatic carbocycles. The molecule has 6 heteroatoms. The Morgan fingerprint density at radius 3 is 2.89 bits per heavy atom. The van der Waals surface area contributed by atoms with Crippen LogP contribution in [0.15, 0.2) is 22.7 Å². The quantitative estimate of drug-likeness (QED) is 0.760. The lowest BCUT2D eigenvalue weighted by molar-refractivity contribution is -0.121. The van der Waals surface area contributed by atoms with Crippen LogP contribution in [-0.2, 0) is 4.79 Å². The molecule has 0 aliphatic carbocycles. The largest absolute Gasteiger partial charge is 0.399 e. The predicted molar refractivity (Wildman–Crippen MR) is 72.1 cm³/mol. The number of nitrogen functional groups attached to an aromatic ring is 1. The lowest BCUT2D eigenvalue weighted by Crippen LogP contribution is -2.37. The van der Waals surface area contributed by atoms with Gasteiger partial charge in [0, 0.05) is 28.8 Å². The first kappa shape index (κ1) is 12.9. The van der Waals surface area contributed by atoms with Crippen molar-refractivity contribution in [2.45, 2.75) is 6.42 Å². The van der Waals surface area contributed by atoms with E-state index < -0.39 is 0 Å². The van der Waals surface area contributed by atoms with E-state index >= 15 is 0 Å². The molecule has 96 valence electrons. The third kappa shape index (κ3) is 3.01. The highest BCUT2D eigenvalue weighted by molar-refractivity contribution is 9.10. The van der Waals surface area contributed by atoms with E-state index in [1.807, 2.05) is 0 Å². The molecule has 2 amide bonds. The maximum atomic E-state index is 12.3. The van der Waals surface area contributed by atoms with Gasteiger partial charge in [-0.3, -0.25) is 9.59 Å². The van der Waals surface area contributed by atoms with E-state index in [0.29, 0.717) is 24.3 Å². The van der Waals surface area contributed by atoms with Crippen LogP contribution in [-0.4, -0.2) is 36.3 Å². The average Bonchev–Trinajstić information content (AvgIpc) is 2.51. The number of hydrogen-bond acceptors (Lipinski definition) is 3. The van der Waals surface area contributed by atoms with Gasteiger partial charge in [-0.2, -0.15) is 0 Å². The van der Waals surface area contributed by atoms with Crippen molar-refractivity contribution in [3.05, 3.63) is 28.2 Å². The van der Waals surface area contributed by atoms with Gasteiger partial charge < -0.3 is 16.0 Å². The highest BCUT2D eigenvalue weighted by atomic mass is 79.9. The van der Waals surface area contributed by atoms with Crippen LogP contribution in [0.2, 0.25) is 0 Å². The molecule has 0 spiro atoms. The number of rotatable bonds is 1.